The van der Waals surface area contributed by atoms with Crippen LogP contribution in [-0.2, 0) is 9.53 Å². The Labute approximate surface area is 210 Å². The Morgan fingerprint density at radius 2 is 1.77 bits per heavy atom. The van der Waals surface area contributed by atoms with Crippen LogP contribution in [0.4, 0.5) is 0 Å². The number of carbonyl (C=O) groups excluding carboxylic acids is 1. The fourth-order valence-corrected chi connectivity index (χ4v) is 9.44. The maximum Gasteiger partial charge on any atom is 0.155 e. The van der Waals surface area contributed by atoms with Crippen molar-refractivity contribution in [3.8, 4) is 11.1 Å². The van der Waals surface area contributed by atoms with E-state index in [1.54, 1.807) is 0 Å². The number of hydrogen-bond acceptors (Lipinski definition) is 2. The second-order valence-electron chi connectivity index (χ2n) is 12.4. The van der Waals surface area contributed by atoms with Gasteiger partial charge in [-0.2, -0.15) is 0 Å². The fourth-order valence-electron chi connectivity index (χ4n) is 9.44. The van der Waals surface area contributed by atoms with Gasteiger partial charge in [0.25, 0.3) is 0 Å². The third kappa shape index (κ3) is 3.08. The van der Waals surface area contributed by atoms with Crippen molar-refractivity contribution in [2.24, 2.45) is 23.2 Å². The van der Waals surface area contributed by atoms with Gasteiger partial charge in [0.2, 0.25) is 0 Å². The maximum absolute atomic E-state index is 12.5. The Morgan fingerprint density at radius 1 is 0.971 bits per heavy atom. The maximum atomic E-state index is 12.5. The lowest BCUT2D eigenvalue weighted by atomic mass is 9.44. The highest BCUT2D eigenvalue weighted by Gasteiger charge is 2.72. The number of rotatable bonds is 3. The van der Waals surface area contributed by atoms with Crippen LogP contribution in [0.5, 0.6) is 0 Å². The summed E-state index contributed by atoms with van der Waals surface area (Å²) in [4.78, 5) is 12.5. The number of epoxide rings is 1. The normalized spacial score (nSPS) is 39.2. The molecule has 1 heterocycles. The molecule has 0 aromatic heterocycles. The van der Waals surface area contributed by atoms with Crippen molar-refractivity contribution in [1.29, 1.82) is 0 Å². The molecule has 1 spiro atoms. The summed E-state index contributed by atoms with van der Waals surface area (Å²) in [6.07, 6.45) is 11.7. The summed E-state index contributed by atoms with van der Waals surface area (Å²) in [5.41, 5.74) is 8.70. The molecule has 7 unspecified atom stereocenters. The first kappa shape index (κ1) is 22.0. The molecular weight excluding hydrogens is 428 g/mol. The summed E-state index contributed by atoms with van der Waals surface area (Å²) in [7, 11) is 0. The standard InChI is InChI=1S/C33H38O2/c1-4-32-16-15-25(34)18-24(32)10-12-27-29-13-14-30-33(29,35-30)19-28(31(27)32)26-11-9-23(17-21(26)3)22-7-5-20(2)6-8-22/h5-9,11,17-18,27-31H,4,10,12-16,19H2,1-3H3. The van der Waals surface area contributed by atoms with Crippen molar-refractivity contribution in [1.82, 2.24) is 0 Å². The molecule has 0 radical (unpaired) electrons. The van der Waals surface area contributed by atoms with E-state index >= 15 is 0 Å². The van der Waals surface area contributed by atoms with E-state index in [1.165, 1.54) is 59.1 Å². The summed E-state index contributed by atoms with van der Waals surface area (Å²) >= 11 is 0. The number of aryl methyl sites for hydroxylation is 2. The lowest BCUT2D eigenvalue weighted by molar-refractivity contribution is -0.118. The van der Waals surface area contributed by atoms with Gasteiger partial charge in [-0.3, -0.25) is 4.79 Å². The molecule has 1 aliphatic heterocycles. The summed E-state index contributed by atoms with van der Waals surface area (Å²) < 4.78 is 6.54. The van der Waals surface area contributed by atoms with Gasteiger partial charge < -0.3 is 4.74 Å². The highest BCUT2D eigenvalue weighted by Crippen LogP contribution is 2.72. The van der Waals surface area contributed by atoms with Crippen molar-refractivity contribution < 1.29 is 9.53 Å². The quantitative estimate of drug-likeness (QED) is 0.433. The molecule has 0 bridgehead atoms. The third-order valence-electron chi connectivity index (χ3n) is 11.0. The van der Waals surface area contributed by atoms with E-state index in [0.29, 0.717) is 23.7 Å². The number of ether oxygens (including phenoxy) is 1. The van der Waals surface area contributed by atoms with Gasteiger partial charge in [-0.15, -0.1) is 0 Å². The second kappa shape index (κ2) is 7.65. The average Bonchev–Trinajstić information content (AvgIpc) is 3.43. The van der Waals surface area contributed by atoms with Gasteiger partial charge in [-0.25, -0.2) is 0 Å². The SMILES string of the molecule is CCC12CCC(=O)C=C1CCC1C2C(c2ccc(-c3ccc(C)cc3)cc2C)CC23OC2CCC13. The Morgan fingerprint density at radius 3 is 2.51 bits per heavy atom. The molecule has 1 saturated heterocycles. The van der Waals surface area contributed by atoms with Crippen molar-refractivity contribution in [3.63, 3.8) is 0 Å². The highest BCUT2D eigenvalue weighted by atomic mass is 16.6. The third-order valence-corrected chi connectivity index (χ3v) is 11.0. The van der Waals surface area contributed by atoms with Crippen LogP contribution < -0.4 is 0 Å². The molecule has 0 amide bonds. The minimum absolute atomic E-state index is 0.147. The molecule has 2 aromatic rings. The molecule has 3 saturated carbocycles. The predicted octanol–water partition coefficient (Wildman–Crippen LogP) is 7.72. The van der Waals surface area contributed by atoms with Gasteiger partial charge in [-0.1, -0.05) is 60.5 Å². The predicted molar refractivity (Wildman–Crippen MR) is 140 cm³/mol. The Hall–Kier alpha value is -2.19. The molecule has 182 valence electrons. The number of carbonyl (C=O) groups is 1. The number of ketones is 1. The van der Waals surface area contributed by atoms with Crippen LogP contribution in [-0.4, -0.2) is 17.5 Å². The van der Waals surface area contributed by atoms with E-state index in [-0.39, 0.29) is 11.0 Å². The molecule has 2 aromatic carbocycles. The van der Waals surface area contributed by atoms with Gasteiger partial charge in [-0.05, 0) is 116 Å². The van der Waals surface area contributed by atoms with Crippen LogP contribution in [0.15, 0.2) is 54.1 Å². The van der Waals surface area contributed by atoms with Crippen molar-refractivity contribution in [2.75, 3.05) is 0 Å². The van der Waals surface area contributed by atoms with E-state index in [2.05, 4.69) is 69.3 Å². The first-order chi connectivity index (χ1) is 16.9. The lowest BCUT2D eigenvalue weighted by Gasteiger charge is -2.59. The van der Waals surface area contributed by atoms with Gasteiger partial charge in [0, 0.05) is 6.42 Å². The van der Waals surface area contributed by atoms with Gasteiger partial charge >= 0.3 is 0 Å². The molecule has 4 aliphatic carbocycles. The summed E-state index contributed by atoms with van der Waals surface area (Å²) in [5, 5.41) is 0. The van der Waals surface area contributed by atoms with Crippen LogP contribution in [0.3, 0.4) is 0 Å². The number of benzene rings is 2. The zero-order chi connectivity index (χ0) is 23.9. The Kier molecular flexibility index (Phi) is 4.82. The summed E-state index contributed by atoms with van der Waals surface area (Å²) in [6, 6.07) is 16.1. The average molecular weight is 467 g/mol. The van der Waals surface area contributed by atoms with E-state index in [0.717, 1.165) is 37.5 Å². The van der Waals surface area contributed by atoms with Crippen LogP contribution >= 0.6 is 0 Å². The summed E-state index contributed by atoms with van der Waals surface area (Å²) in [5.74, 6) is 2.95. The molecule has 2 nitrogen and oxygen atoms in total. The lowest BCUT2D eigenvalue weighted by Crippen LogP contribution is -2.54. The van der Waals surface area contributed by atoms with Crippen LogP contribution in [0.1, 0.15) is 80.9 Å². The van der Waals surface area contributed by atoms with Crippen molar-refractivity contribution in [2.45, 2.75) is 89.8 Å². The first-order valence-corrected chi connectivity index (χ1v) is 14.0. The minimum atomic E-state index is 0.147. The van der Waals surface area contributed by atoms with Crippen molar-refractivity contribution >= 4 is 5.78 Å². The van der Waals surface area contributed by atoms with Gasteiger partial charge in [0.05, 0.1) is 11.7 Å². The first-order valence-electron chi connectivity index (χ1n) is 14.0. The smallest absolute Gasteiger partial charge is 0.155 e. The molecule has 35 heavy (non-hydrogen) atoms. The van der Waals surface area contributed by atoms with Crippen LogP contribution in [0.2, 0.25) is 0 Å². The highest BCUT2D eigenvalue weighted by molar-refractivity contribution is 5.91. The van der Waals surface area contributed by atoms with Crippen molar-refractivity contribution in [3.05, 3.63) is 70.8 Å². The summed E-state index contributed by atoms with van der Waals surface area (Å²) in [6.45, 7) is 6.87. The molecule has 0 N–H and O–H groups in total. The Bertz CT molecular complexity index is 1220. The number of fused-ring (bicyclic) bond motifs is 4. The number of allylic oxidation sites excluding steroid dienone is 1. The zero-order valence-electron chi connectivity index (χ0n) is 21.5. The van der Waals surface area contributed by atoms with Gasteiger partial charge in [0.1, 0.15) is 0 Å². The van der Waals surface area contributed by atoms with E-state index in [9.17, 15) is 4.79 Å². The van der Waals surface area contributed by atoms with E-state index in [1.807, 2.05) is 0 Å². The number of hydrogen-bond donors (Lipinski definition) is 0. The van der Waals surface area contributed by atoms with Crippen LogP contribution in [0.25, 0.3) is 11.1 Å². The fraction of sp³-hybridized carbons (Fsp3) is 0.545. The van der Waals surface area contributed by atoms with Gasteiger partial charge in [0.15, 0.2) is 5.78 Å². The topological polar surface area (TPSA) is 29.6 Å². The van der Waals surface area contributed by atoms with Crippen LogP contribution in [0, 0.1) is 37.0 Å². The molecule has 4 fully saturated rings. The second-order valence-corrected chi connectivity index (χ2v) is 12.4. The molecule has 2 heteroatoms. The molecular formula is C33H38O2. The minimum Gasteiger partial charge on any atom is -0.366 e. The molecule has 7 rings (SSSR count). The van der Waals surface area contributed by atoms with E-state index in [4.69, 9.17) is 4.74 Å². The largest absolute Gasteiger partial charge is 0.366 e. The Balaban J connectivity index is 1.34. The molecule has 7 atom stereocenters. The molecule has 5 aliphatic rings. The zero-order valence-corrected chi connectivity index (χ0v) is 21.5. The monoisotopic (exact) mass is 466 g/mol. The van der Waals surface area contributed by atoms with E-state index < -0.39 is 0 Å².